The minimum Gasteiger partial charge on any atom is -0.507 e. The lowest BCUT2D eigenvalue weighted by Crippen LogP contribution is -2.05. The number of ketones is 1. The summed E-state index contributed by atoms with van der Waals surface area (Å²) in [7, 11) is 0. The molecule has 0 atom stereocenters. The van der Waals surface area contributed by atoms with Crippen LogP contribution in [0.4, 0.5) is 0 Å². The van der Waals surface area contributed by atoms with E-state index in [1.54, 1.807) is 30.3 Å². The van der Waals surface area contributed by atoms with E-state index < -0.39 is 29.3 Å². The Bertz CT molecular complexity index is 1260. The summed E-state index contributed by atoms with van der Waals surface area (Å²) in [5, 5.41) is 36.7. The van der Waals surface area contributed by atoms with Crippen molar-refractivity contribution in [3.63, 3.8) is 0 Å². The molecule has 9 nitrogen and oxygen atoms in total. The SMILES string of the molecule is O=C(CO)c1cn(-c2c(O)cc(O)c3c(=O)cc(-c4ccccc4)oc23)nn1. The van der Waals surface area contributed by atoms with Crippen LogP contribution in [0.5, 0.6) is 11.5 Å². The second-order valence-electron chi connectivity index (χ2n) is 5.94. The average Bonchev–Trinajstić information content (AvgIpc) is 3.17. The molecule has 0 radical (unpaired) electrons. The van der Waals surface area contributed by atoms with Crippen molar-refractivity contribution in [1.29, 1.82) is 0 Å². The number of benzene rings is 2. The van der Waals surface area contributed by atoms with E-state index in [1.807, 2.05) is 0 Å². The van der Waals surface area contributed by atoms with Gasteiger partial charge < -0.3 is 19.7 Å². The van der Waals surface area contributed by atoms with Crippen molar-refractivity contribution < 1.29 is 24.5 Å². The largest absolute Gasteiger partial charge is 0.507 e. The molecule has 0 bridgehead atoms. The number of phenolic OH excluding ortho intramolecular Hbond substituents is 2. The van der Waals surface area contributed by atoms with Crippen molar-refractivity contribution in [2.75, 3.05) is 6.61 Å². The maximum Gasteiger partial charge on any atom is 0.210 e. The summed E-state index contributed by atoms with van der Waals surface area (Å²) in [6.07, 6.45) is 1.18. The molecule has 0 fully saturated rings. The number of nitrogens with zero attached hydrogens (tertiary/aromatic N) is 3. The van der Waals surface area contributed by atoms with Crippen LogP contribution in [0.15, 0.2) is 57.9 Å². The van der Waals surface area contributed by atoms with E-state index in [0.717, 1.165) is 10.7 Å². The van der Waals surface area contributed by atoms with E-state index in [0.29, 0.717) is 5.56 Å². The number of aliphatic hydroxyl groups is 1. The Hall–Kier alpha value is -3.98. The second-order valence-corrected chi connectivity index (χ2v) is 5.94. The highest BCUT2D eigenvalue weighted by Gasteiger charge is 2.21. The van der Waals surface area contributed by atoms with Crippen molar-refractivity contribution in [2.45, 2.75) is 0 Å². The lowest BCUT2D eigenvalue weighted by Gasteiger charge is -2.10. The molecular formula is C19H13N3O6. The first-order valence-corrected chi connectivity index (χ1v) is 8.14. The number of carbonyl (C=O) groups is 1. The van der Waals surface area contributed by atoms with Crippen molar-refractivity contribution in [3.05, 3.63) is 64.6 Å². The topological polar surface area (TPSA) is 139 Å². The number of hydrogen-bond acceptors (Lipinski definition) is 8. The number of aromatic nitrogens is 3. The van der Waals surface area contributed by atoms with Gasteiger partial charge in [0.15, 0.2) is 22.4 Å². The Labute approximate surface area is 156 Å². The maximum atomic E-state index is 12.6. The molecule has 3 N–H and O–H groups in total. The minimum atomic E-state index is -0.756. The number of Topliss-reactive ketones (excluding diaryl/α,β-unsaturated/α-hetero) is 1. The van der Waals surface area contributed by atoms with Gasteiger partial charge in [-0.1, -0.05) is 35.5 Å². The fraction of sp³-hybridized carbons (Fsp3) is 0.0526. The third-order valence-electron chi connectivity index (χ3n) is 4.15. The third kappa shape index (κ3) is 2.79. The lowest BCUT2D eigenvalue weighted by atomic mass is 10.1. The Kier molecular flexibility index (Phi) is 4.13. The molecule has 4 rings (SSSR count). The van der Waals surface area contributed by atoms with Crippen molar-refractivity contribution >= 4 is 16.8 Å². The van der Waals surface area contributed by atoms with Crippen LogP contribution in [-0.2, 0) is 0 Å². The van der Waals surface area contributed by atoms with Gasteiger partial charge in [-0.05, 0) is 0 Å². The summed E-state index contributed by atoms with van der Waals surface area (Å²) >= 11 is 0. The van der Waals surface area contributed by atoms with Crippen LogP contribution in [0, 0.1) is 0 Å². The van der Waals surface area contributed by atoms with Gasteiger partial charge >= 0.3 is 0 Å². The molecule has 28 heavy (non-hydrogen) atoms. The summed E-state index contributed by atoms with van der Waals surface area (Å²) in [6, 6.07) is 11.0. The van der Waals surface area contributed by atoms with Gasteiger partial charge in [0, 0.05) is 17.7 Å². The van der Waals surface area contributed by atoms with Crippen LogP contribution in [0.3, 0.4) is 0 Å². The fourth-order valence-electron chi connectivity index (χ4n) is 2.84. The normalized spacial score (nSPS) is 11.0. The van der Waals surface area contributed by atoms with Gasteiger partial charge in [0.2, 0.25) is 5.78 Å². The third-order valence-corrected chi connectivity index (χ3v) is 4.15. The van der Waals surface area contributed by atoms with Gasteiger partial charge in [0.1, 0.15) is 29.3 Å². The molecule has 4 aromatic rings. The molecule has 0 amide bonds. The first-order chi connectivity index (χ1) is 13.5. The maximum absolute atomic E-state index is 12.6. The molecule has 0 aliphatic carbocycles. The van der Waals surface area contributed by atoms with Crippen molar-refractivity contribution in [3.8, 4) is 28.5 Å². The van der Waals surface area contributed by atoms with Crippen LogP contribution in [-0.4, -0.2) is 42.7 Å². The molecule has 0 aliphatic rings. The minimum absolute atomic E-state index is 0.0767. The molecule has 140 valence electrons. The number of phenols is 2. The Morgan fingerprint density at radius 1 is 1.11 bits per heavy atom. The number of fused-ring (bicyclic) bond motifs is 1. The van der Waals surface area contributed by atoms with E-state index in [4.69, 9.17) is 9.52 Å². The van der Waals surface area contributed by atoms with E-state index in [9.17, 15) is 19.8 Å². The number of rotatable bonds is 4. The summed E-state index contributed by atoms with van der Waals surface area (Å²) in [4.78, 5) is 24.2. The first kappa shape index (κ1) is 17.4. The molecule has 2 heterocycles. The number of aromatic hydroxyl groups is 2. The summed E-state index contributed by atoms with van der Waals surface area (Å²) < 4.78 is 6.87. The highest BCUT2D eigenvalue weighted by molar-refractivity contribution is 5.96. The standard InChI is InChI=1S/C19H13N3O6/c23-9-15(27)11-8-22(21-20-11)18-14(26)6-12(24)17-13(25)7-16(28-19(17)18)10-4-2-1-3-5-10/h1-8,23-24,26H,9H2. The van der Waals surface area contributed by atoms with Crippen LogP contribution in [0.25, 0.3) is 28.0 Å². The Balaban J connectivity index is 2.03. The van der Waals surface area contributed by atoms with E-state index in [1.165, 1.54) is 12.3 Å². The highest BCUT2D eigenvalue weighted by atomic mass is 16.3. The smallest absolute Gasteiger partial charge is 0.210 e. The fourth-order valence-corrected chi connectivity index (χ4v) is 2.84. The van der Waals surface area contributed by atoms with Gasteiger partial charge in [-0.3, -0.25) is 9.59 Å². The van der Waals surface area contributed by atoms with E-state index in [-0.39, 0.29) is 28.1 Å². The molecule has 2 aromatic carbocycles. The molecule has 0 aliphatic heterocycles. The van der Waals surface area contributed by atoms with Crippen LogP contribution < -0.4 is 5.43 Å². The predicted molar refractivity (Wildman–Crippen MR) is 97.6 cm³/mol. The molecule has 0 spiro atoms. The quantitative estimate of drug-likeness (QED) is 0.455. The van der Waals surface area contributed by atoms with Crippen molar-refractivity contribution in [2.24, 2.45) is 0 Å². The Morgan fingerprint density at radius 2 is 1.86 bits per heavy atom. The first-order valence-electron chi connectivity index (χ1n) is 8.14. The molecule has 0 saturated carbocycles. The summed E-state index contributed by atoms with van der Waals surface area (Å²) in [5.41, 5.74) is -0.246. The molecule has 9 heteroatoms. The molecule has 0 unspecified atom stereocenters. The average molecular weight is 379 g/mol. The summed E-state index contributed by atoms with van der Waals surface area (Å²) in [6.45, 7) is -0.756. The number of carbonyl (C=O) groups excluding carboxylic acids is 1. The van der Waals surface area contributed by atoms with Gasteiger partial charge in [0.05, 0.1) is 6.20 Å². The van der Waals surface area contributed by atoms with Crippen LogP contribution in [0.2, 0.25) is 0 Å². The number of aliphatic hydroxyl groups excluding tert-OH is 1. The van der Waals surface area contributed by atoms with Gasteiger partial charge in [-0.25, -0.2) is 4.68 Å². The lowest BCUT2D eigenvalue weighted by molar-refractivity contribution is 0.0898. The second kappa shape index (κ2) is 6.63. The predicted octanol–water partition coefficient (Wildman–Crippen LogP) is 1.63. The van der Waals surface area contributed by atoms with Gasteiger partial charge in [-0.2, -0.15) is 0 Å². The molecule has 0 saturated heterocycles. The Morgan fingerprint density at radius 3 is 2.57 bits per heavy atom. The van der Waals surface area contributed by atoms with Gasteiger partial charge in [0.25, 0.3) is 0 Å². The zero-order valence-electron chi connectivity index (χ0n) is 14.2. The van der Waals surface area contributed by atoms with Crippen LogP contribution in [0.1, 0.15) is 10.5 Å². The zero-order valence-corrected chi connectivity index (χ0v) is 14.2. The van der Waals surface area contributed by atoms with Crippen LogP contribution >= 0.6 is 0 Å². The zero-order chi connectivity index (χ0) is 19.8. The van der Waals surface area contributed by atoms with E-state index >= 15 is 0 Å². The molecule has 2 aromatic heterocycles. The monoisotopic (exact) mass is 379 g/mol. The van der Waals surface area contributed by atoms with Gasteiger partial charge in [-0.15, -0.1) is 5.10 Å². The summed E-state index contributed by atoms with van der Waals surface area (Å²) in [5.74, 6) is -1.35. The van der Waals surface area contributed by atoms with Crippen molar-refractivity contribution in [1.82, 2.24) is 15.0 Å². The number of hydrogen-bond donors (Lipinski definition) is 3. The highest BCUT2D eigenvalue weighted by Crippen LogP contribution is 2.37. The molecular weight excluding hydrogens is 366 g/mol. The van der Waals surface area contributed by atoms with E-state index in [2.05, 4.69) is 10.3 Å².